The highest BCUT2D eigenvalue weighted by molar-refractivity contribution is 6.24. The third-order valence-corrected chi connectivity index (χ3v) is 7.06. The monoisotopic (exact) mass is 389 g/mol. The summed E-state index contributed by atoms with van der Waals surface area (Å²) in [5.74, 6) is 0.980. The molecule has 146 valence electrons. The van der Waals surface area contributed by atoms with Gasteiger partial charge in [0.2, 0.25) is 0 Å². The number of hydrogen-bond acceptors (Lipinski definition) is 3. The highest BCUT2D eigenvalue weighted by Gasteiger charge is 2.60. The van der Waals surface area contributed by atoms with Crippen molar-refractivity contribution < 1.29 is 14.3 Å². The molecule has 2 atom stereocenters. The fraction of sp³-hybridized carbons (Fsp3) is 0.636. The van der Waals surface area contributed by atoms with E-state index in [4.69, 9.17) is 16.3 Å². The van der Waals surface area contributed by atoms with Crippen molar-refractivity contribution in [2.24, 2.45) is 17.3 Å². The molecule has 4 nitrogen and oxygen atoms in total. The lowest BCUT2D eigenvalue weighted by molar-refractivity contribution is -0.171. The number of carbonyl (C=O) groups excluding carboxylic acids is 2. The summed E-state index contributed by atoms with van der Waals surface area (Å²) >= 11 is 6.78. The number of rotatable bonds is 5. The number of benzene rings is 1. The molecule has 1 N–H and O–H groups in total. The fourth-order valence-corrected chi connectivity index (χ4v) is 6.51. The van der Waals surface area contributed by atoms with E-state index in [0.29, 0.717) is 24.2 Å². The van der Waals surface area contributed by atoms with E-state index in [0.717, 1.165) is 31.4 Å². The first-order valence-electron chi connectivity index (χ1n) is 10.0. The number of ether oxygens (including phenoxy) is 1. The quantitative estimate of drug-likeness (QED) is 0.577. The second-order valence-corrected chi connectivity index (χ2v) is 10.1. The molecule has 4 fully saturated rings. The third kappa shape index (κ3) is 3.73. The topological polar surface area (TPSA) is 55.4 Å². The Morgan fingerprint density at radius 1 is 1.15 bits per heavy atom. The van der Waals surface area contributed by atoms with Crippen LogP contribution < -0.4 is 5.32 Å². The summed E-state index contributed by atoms with van der Waals surface area (Å²) in [6, 6.07) is 7.76. The minimum absolute atomic E-state index is 0.230. The molecule has 4 aliphatic carbocycles. The van der Waals surface area contributed by atoms with Gasteiger partial charge in [0, 0.05) is 10.6 Å². The summed E-state index contributed by atoms with van der Waals surface area (Å²) in [5.41, 5.74) is 1.47. The molecule has 0 heterocycles. The molecule has 2 unspecified atom stereocenters. The molecule has 1 amide bonds. The lowest BCUT2D eigenvalue weighted by Gasteiger charge is -2.58. The van der Waals surface area contributed by atoms with Crippen LogP contribution >= 0.6 is 11.6 Å². The average molecular weight is 390 g/mol. The van der Waals surface area contributed by atoms with Crippen molar-refractivity contribution in [1.82, 2.24) is 0 Å². The van der Waals surface area contributed by atoms with Crippen molar-refractivity contribution in [2.75, 3.05) is 11.9 Å². The van der Waals surface area contributed by atoms with E-state index in [1.165, 1.54) is 12.0 Å². The van der Waals surface area contributed by atoms with Crippen LogP contribution in [0.25, 0.3) is 0 Å². The van der Waals surface area contributed by atoms with Gasteiger partial charge in [-0.3, -0.25) is 9.59 Å². The molecule has 4 bridgehead atoms. The zero-order chi connectivity index (χ0) is 19.2. The molecule has 4 saturated carbocycles. The van der Waals surface area contributed by atoms with Gasteiger partial charge in [0.25, 0.3) is 5.91 Å². The number of alkyl halides is 1. The minimum Gasteiger partial charge on any atom is -0.455 e. The number of anilines is 1. The second-order valence-electron chi connectivity index (χ2n) is 9.29. The van der Waals surface area contributed by atoms with Crippen molar-refractivity contribution in [2.45, 2.75) is 63.2 Å². The first-order valence-corrected chi connectivity index (χ1v) is 10.4. The number of esters is 1. The van der Waals surface area contributed by atoms with Crippen LogP contribution in [0, 0.1) is 17.3 Å². The Morgan fingerprint density at radius 3 is 2.33 bits per heavy atom. The number of carbonyl (C=O) groups is 2. The van der Waals surface area contributed by atoms with E-state index in [9.17, 15) is 9.59 Å². The maximum Gasteiger partial charge on any atom is 0.312 e. The largest absolute Gasteiger partial charge is 0.455 e. The predicted octanol–water partition coefficient (Wildman–Crippen LogP) is 4.87. The van der Waals surface area contributed by atoms with Gasteiger partial charge in [0.15, 0.2) is 6.61 Å². The Kier molecular flexibility index (Phi) is 4.74. The first-order chi connectivity index (χ1) is 12.8. The molecular formula is C22H28ClNO3. The fourth-order valence-electron chi connectivity index (χ4n) is 5.82. The number of nitrogens with one attached hydrogen (secondary N) is 1. The molecule has 1 aromatic rings. The van der Waals surface area contributed by atoms with E-state index in [1.54, 1.807) is 0 Å². The van der Waals surface area contributed by atoms with Gasteiger partial charge in [-0.15, -0.1) is 11.6 Å². The van der Waals surface area contributed by atoms with Gasteiger partial charge in [-0.2, -0.15) is 0 Å². The smallest absolute Gasteiger partial charge is 0.312 e. The summed E-state index contributed by atoms with van der Waals surface area (Å²) in [5, 5.41) is 2.80. The molecule has 27 heavy (non-hydrogen) atoms. The van der Waals surface area contributed by atoms with Gasteiger partial charge in [0.1, 0.15) is 0 Å². The predicted molar refractivity (Wildman–Crippen MR) is 106 cm³/mol. The standard InChI is InChI=1S/C22H28ClNO3/c1-14(2)17-3-5-18(6-4-17)24-19(25)12-27-20(26)21-8-15-7-16(9-21)11-22(23,10-15)13-21/h3-6,14-16H,7-13H2,1-2H3,(H,24,25). The van der Waals surface area contributed by atoms with Gasteiger partial charge in [-0.05, 0) is 74.0 Å². The van der Waals surface area contributed by atoms with Crippen LogP contribution in [0.1, 0.15) is 63.9 Å². The van der Waals surface area contributed by atoms with E-state index in [1.807, 2.05) is 24.3 Å². The summed E-state index contributed by atoms with van der Waals surface area (Å²) in [4.78, 5) is 24.8. The van der Waals surface area contributed by atoms with E-state index in [-0.39, 0.29) is 23.4 Å². The van der Waals surface area contributed by atoms with Crippen LogP contribution in [0.5, 0.6) is 0 Å². The highest BCUT2D eigenvalue weighted by Crippen LogP contribution is 2.64. The molecule has 1 aromatic carbocycles. The van der Waals surface area contributed by atoms with E-state index in [2.05, 4.69) is 19.2 Å². The van der Waals surface area contributed by atoms with Crippen LogP contribution in [-0.2, 0) is 14.3 Å². The molecule has 0 aromatic heterocycles. The van der Waals surface area contributed by atoms with Crippen molar-refractivity contribution in [3.63, 3.8) is 0 Å². The van der Waals surface area contributed by atoms with E-state index < -0.39 is 5.41 Å². The average Bonchev–Trinajstić information content (AvgIpc) is 2.58. The highest BCUT2D eigenvalue weighted by atomic mass is 35.5. The lowest BCUT2D eigenvalue weighted by atomic mass is 9.49. The number of amides is 1. The van der Waals surface area contributed by atoms with Crippen LogP contribution in [0.4, 0.5) is 5.69 Å². The molecule has 0 spiro atoms. The molecule has 5 heteroatoms. The summed E-state index contributed by atoms with van der Waals surface area (Å²) in [6.07, 6.45) is 5.67. The van der Waals surface area contributed by atoms with Gasteiger partial charge in [-0.25, -0.2) is 0 Å². The Balaban J connectivity index is 1.33. The normalized spacial score (nSPS) is 33.9. The molecule has 0 saturated heterocycles. The van der Waals surface area contributed by atoms with Gasteiger partial charge >= 0.3 is 5.97 Å². The minimum atomic E-state index is -0.467. The number of hydrogen-bond donors (Lipinski definition) is 1. The zero-order valence-electron chi connectivity index (χ0n) is 16.1. The van der Waals surface area contributed by atoms with Crippen molar-refractivity contribution >= 4 is 29.2 Å². The van der Waals surface area contributed by atoms with Crippen molar-refractivity contribution in [3.8, 4) is 0 Å². The first kappa shape index (κ1) is 18.8. The Labute approximate surface area is 166 Å². The Morgan fingerprint density at radius 2 is 1.78 bits per heavy atom. The van der Waals surface area contributed by atoms with Crippen LogP contribution in [0.15, 0.2) is 24.3 Å². The van der Waals surface area contributed by atoms with Crippen molar-refractivity contribution in [1.29, 1.82) is 0 Å². The summed E-state index contributed by atoms with van der Waals surface area (Å²) in [6.45, 7) is 4.02. The molecule has 5 rings (SSSR count). The maximum absolute atomic E-state index is 12.9. The van der Waals surface area contributed by atoms with Gasteiger partial charge in [-0.1, -0.05) is 26.0 Å². The second kappa shape index (κ2) is 6.80. The molecule has 0 aliphatic heterocycles. The van der Waals surface area contributed by atoms with Gasteiger partial charge in [0.05, 0.1) is 5.41 Å². The SMILES string of the molecule is CC(C)c1ccc(NC(=O)COC(=O)C23CC4CC(CC(Cl)(C4)C2)C3)cc1. The van der Waals surface area contributed by atoms with Crippen LogP contribution in [0.3, 0.4) is 0 Å². The maximum atomic E-state index is 12.9. The molecule has 4 aliphatic rings. The number of halogens is 1. The third-order valence-electron chi connectivity index (χ3n) is 6.62. The summed E-state index contributed by atoms with van der Waals surface area (Å²) < 4.78 is 5.46. The zero-order valence-corrected chi connectivity index (χ0v) is 16.8. The molecular weight excluding hydrogens is 362 g/mol. The van der Waals surface area contributed by atoms with Crippen LogP contribution in [0.2, 0.25) is 0 Å². The molecule has 0 radical (unpaired) electrons. The Bertz CT molecular complexity index is 728. The van der Waals surface area contributed by atoms with E-state index >= 15 is 0 Å². The summed E-state index contributed by atoms with van der Waals surface area (Å²) in [7, 11) is 0. The van der Waals surface area contributed by atoms with Crippen LogP contribution in [-0.4, -0.2) is 23.4 Å². The Hall–Kier alpha value is -1.55. The van der Waals surface area contributed by atoms with Gasteiger partial charge < -0.3 is 10.1 Å². The lowest BCUT2D eigenvalue weighted by Crippen LogP contribution is -2.56. The van der Waals surface area contributed by atoms with Crippen molar-refractivity contribution in [3.05, 3.63) is 29.8 Å².